The molecule has 1 aliphatic rings. The Morgan fingerprint density at radius 3 is 2.88 bits per heavy atom. The van der Waals surface area contributed by atoms with Gasteiger partial charge < -0.3 is 5.32 Å². The number of rotatable bonds is 7. The summed E-state index contributed by atoms with van der Waals surface area (Å²) in [7, 11) is 0. The van der Waals surface area contributed by atoms with E-state index in [1.807, 2.05) is 11.3 Å². The zero-order valence-electron chi connectivity index (χ0n) is 11.0. The molecule has 0 saturated heterocycles. The van der Waals surface area contributed by atoms with E-state index in [1.54, 1.807) is 4.88 Å². The van der Waals surface area contributed by atoms with E-state index in [1.165, 1.54) is 44.9 Å². The Balaban J connectivity index is 1.73. The van der Waals surface area contributed by atoms with E-state index in [2.05, 4.69) is 29.8 Å². The van der Waals surface area contributed by atoms with Crippen molar-refractivity contribution < 1.29 is 0 Å². The van der Waals surface area contributed by atoms with E-state index >= 15 is 0 Å². The Morgan fingerprint density at radius 2 is 2.24 bits per heavy atom. The summed E-state index contributed by atoms with van der Waals surface area (Å²) in [5.74, 6) is 0.957. The van der Waals surface area contributed by atoms with E-state index in [0.29, 0.717) is 0 Å². The summed E-state index contributed by atoms with van der Waals surface area (Å²) < 4.78 is 0. The third-order valence-electron chi connectivity index (χ3n) is 3.95. The molecule has 1 N–H and O–H groups in total. The fraction of sp³-hybridized carbons (Fsp3) is 0.733. The summed E-state index contributed by atoms with van der Waals surface area (Å²) in [4.78, 5) is 1.55. The maximum atomic E-state index is 3.71. The topological polar surface area (TPSA) is 12.0 Å². The van der Waals surface area contributed by atoms with Crippen molar-refractivity contribution in [2.75, 3.05) is 6.54 Å². The molecule has 2 heteroatoms. The van der Waals surface area contributed by atoms with Crippen LogP contribution in [0.15, 0.2) is 17.5 Å². The molecule has 1 heterocycles. The lowest BCUT2D eigenvalue weighted by Crippen LogP contribution is -2.35. The summed E-state index contributed by atoms with van der Waals surface area (Å²) in [6.07, 6.45) is 9.79. The van der Waals surface area contributed by atoms with Crippen LogP contribution >= 0.6 is 11.3 Å². The summed E-state index contributed by atoms with van der Waals surface area (Å²) >= 11 is 1.90. The van der Waals surface area contributed by atoms with E-state index in [-0.39, 0.29) is 0 Å². The van der Waals surface area contributed by atoms with Crippen LogP contribution < -0.4 is 5.32 Å². The summed E-state index contributed by atoms with van der Waals surface area (Å²) in [5, 5.41) is 5.90. The summed E-state index contributed by atoms with van der Waals surface area (Å²) in [5.41, 5.74) is 0. The van der Waals surface area contributed by atoms with Gasteiger partial charge in [-0.15, -0.1) is 11.3 Å². The Bertz CT molecular complexity index is 288. The van der Waals surface area contributed by atoms with Crippen LogP contribution in [-0.4, -0.2) is 12.6 Å². The molecule has 1 aliphatic carbocycles. The van der Waals surface area contributed by atoms with Crippen LogP contribution in [0, 0.1) is 5.92 Å². The quantitative estimate of drug-likeness (QED) is 0.764. The smallest absolute Gasteiger partial charge is 0.00953 e. The normalized spacial score (nSPS) is 18.6. The van der Waals surface area contributed by atoms with Crippen molar-refractivity contribution in [3.63, 3.8) is 0 Å². The van der Waals surface area contributed by atoms with Gasteiger partial charge in [0.1, 0.15) is 0 Å². The minimum Gasteiger partial charge on any atom is -0.314 e. The lowest BCUT2D eigenvalue weighted by molar-refractivity contribution is 0.340. The van der Waals surface area contributed by atoms with Gasteiger partial charge in [0.05, 0.1) is 0 Å². The average Bonchev–Trinajstić information content (AvgIpc) is 3.01. The standard InChI is InChI=1S/C15H25NS/c1-2-16-15(13-7-3-4-8-13)11-5-9-14-10-6-12-17-14/h6,10,12-13,15-16H,2-5,7-9,11H2,1H3. The molecule has 1 unspecified atom stereocenters. The molecule has 17 heavy (non-hydrogen) atoms. The maximum absolute atomic E-state index is 3.71. The number of hydrogen-bond donors (Lipinski definition) is 1. The molecule has 0 bridgehead atoms. The van der Waals surface area contributed by atoms with Crippen molar-refractivity contribution in [3.05, 3.63) is 22.4 Å². The van der Waals surface area contributed by atoms with Crippen molar-refractivity contribution in [1.82, 2.24) is 5.32 Å². The van der Waals surface area contributed by atoms with Gasteiger partial charge in [-0.2, -0.15) is 0 Å². The van der Waals surface area contributed by atoms with Crippen LogP contribution in [-0.2, 0) is 6.42 Å². The Hall–Kier alpha value is -0.340. The zero-order valence-corrected chi connectivity index (χ0v) is 11.8. The molecule has 1 atom stereocenters. The minimum absolute atomic E-state index is 0.780. The van der Waals surface area contributed by atoms with Crippen LogP contribution in [0.2, 0.25) is 0 Å². The van der Waals surface area contributed by atoms with Gasteiger partial charge in [0, 0.05) is 10.9 Å². The highest BCUT2D eigenvalue weighted by Gasteiger charge is 2.23. The highest BCUT2D eigenvalue weighted by Crippen LogP contribution is 2.29. The van der Waals surface area contributed by atoms with Crippen molar-refractivity contribution in [3.8, 4) is 0 Å². The number of hydrogen-bond acceptors (Lipinski definition) is 2. The molecule has 1 saturated carbocycles. The fourth-order valence-corrected chi connectivity index (χ4v) is 3.83. The number of nitrogens with one attached hydrogen (secondary N) is 1. The fourth-order valence-electron chi connectivity index (χ4n) is 3.08. The predicted octanol–water partition coefficient (Wildman–Crippen LogP) is 4.24. The molecular weight excluding hydrogens is 226 g/mol. The van der Waals surface area contributed by atoms with Crippen LogP contribution in [0.3, 0.4) is 0 Å². The van der Waals surface area contributed by atoms with E-state index < -0.39 is 0 Å². The maximum Gasteiger partial charge on any atom is 0.00953 e. The molecule has 0 aromatic carbocycles. The Kier molecular flexibility index (Phi) is 5.53. The lowest BCUT2D eigenvalue weighted by atomic mass is 9.93. The molecule has 0 aliphatic heterocycles. The van der Waals surface area contributed by atoms with Crippen LogP contribution in [0.1, 0.15) is 50.3 Å². The van der Waals surface area contributed by atoms with E-state index in [9.17, 15) is 0 Å². The first kappa shape index (κ1) is 13.1. The summed E-state index contributed by atoms with van der Waals surface area (Å²) in [6.45, 7) is 3.36. The highest BCUT2D eigenvalue weighted by molar-refractivity contribution is 7.09. The monoisotopic (exact) mass is 251 g/mol. The molecule has 1 aromatic rings. The van der Waals surface area contributed by atoms with E-state index in [0.717, 1.165) is 18.5 Å². The van der Waals surface area contributed by atoms with Crippen LogP contribution in [0.25, 0.3) is 0 Å². The minimum atomic E-state index is 0.780. The van der Waals surface area contributed by atoms with Crippen molar-refractivity contribution in [2.24, 2.45) is 5.92 Å². The molecule has 2 rings (SSSR count). The van der Waals surface area contributed by atoms with Gasteiger partial charge in [-0.25, -0.2) is 0 Å². The second kappa shape index (κ2) is 7.17. The first-order valence-corrected chi connectivity index (χ1v) is 8.04. The SMILES string of the molecule is CCNC(CCCc1cccs1)C1CCCC1. The molecule has 96 valence electrons. The predicted molar refractivity (Wildman–Crippen MR) is 76.7 cm³/mol. The molecule has 1 aromatic heterocycles. The average molecular weight is 251 g/mol. The first-order valence-electron chi connectivity index (χ1n) is 7.16. The van der Waals surface area contributed by atoms with Crippen molar-refractivity contribution >= 4 is 11.3 Å². The van der Waals surface area contributed by atoms with Gasteiger partial charge in [-0.3, -0.25) is 0 Å². The molecular formula is C15H25NS. The largest absolute Gasteiger partial charge is 0.314 e. The van der Waals surface area contributed by atoms with E-state index in [4.69, 9.17) is 0 Å². The molecule has 0 radical (unpaired) electrons. The van der Waals surface area contributed by atoms with Gasteiger partial charge in [0.2, 0.25) is 0 Å². The third kappa shape index (κ3) is 4.11. The number of aryl methyl sites for hydroxylation is 1. The molecule has 0 amide bonds. The van der Waals surface area contributed by atoms with Gasteiger partial charge in [-0.1, -0.05) is 25.8 Å². The highest BCUT2D eigenvalue weighted by atomic mass is 32.1. The van der Waals surface area contributed by atoms with Crippen molar-refractivity contribution in [1.29, 1.82) is 0 Å². The zero-order chi connectivity index (χ0) is 11.9. The Labute approximate surface area is 110 Å². The summed E-state index contributed by atoms with van der Waals surface area (Å²) in [6, 6.07) is 5.21. The van der Waals surface area contributed by atoms with Gasteiger partial charge in [-0.05, 0) is 56.0 Å². The first-order chi connectivity index (χ1) is 8.40. The van der Waals surface area contributed by atoms with Crippen LogP contribution in [0.5, 0.6) is 0 Å². The molecule has 0 spiro atoms. The molecule has 1 nitrogen and oxygen atoms in total. The second-order valence-electron chi connectivity index (χ2n) is 5.18. The Morgan fingerprint density at radius 1 is 1.41 bits per heavy atom. The van der Waals surface area contributed by atoms with Gasteiger partial charge >= 0.3 is 0 Å². The number of thiophene rings is 1. The second-order valence-corrected chi connectivity index (χ2v) is 6.21. The van der Waals surface area contributed by atoms with Crippen molar-refractivity contribution in [2.45, 2.75) is 57.9 Å². The van der Waals surface area contributed by atoms with Gasteiger partial charge in [0.15, 0.2) is 0 Å². The van der Waals surface area contributed by atoms with Gasteiger partial charge in [0.25, 0.3) is 0 Å². The third-order valence-corrected chi connectivity index (χ3v) is 4.89. The molecule has 1 fully saturated rings. The van der Waals surface area contributed by atoms with Crippen LogP contribution in [0.4, 0.5) is 0 Å². The lowest BCUT2D eigenvalue weighted by Gasteiger charge is -2.24.